The normalized spacial score (nSPS) is 12.0. The van der Waals surface area contributed by atoms with Gasteiger partial charge in [-0.15, -0.1) is 0 Å². The molecule has 0 fully saturated rings. The molecule has 3 aromatic heterocycles. The molecule has 3 heteroatoms. The van der Waals surface area contributed by atoms with Crippen LogP contribution in [0.25, 0.3) is 88.1 Å². The maximum Gasteiger partial charge on any atom is 0.137 e. The van der Waals surface area contributed by atoms with Crippen molar-refractivity contribution < 1.29 is 4.42 Å². The van der Waals surface area contributed by atoms with E-state index in [1.807, 2.05) is 6.07 Å². The SMILES string of the molecule is c1ccc(-c2ccc(-n3c4ccccc4c4ccc5c(c6ccccc6n5-c5cccc6oc7ccccc7c56)c43)cc2)cc1. The number of benzene rings is 7. The Labute approximate surface area is 258 Å². The van der Waals surface area contributed by atoms with Crippen molar-refractivity contribution in [1.29, 1.82) is 0 Å². The van der Waals surface area contributed by atoms with Crippen LogP contribution in [0.3, 0.4) is 0 Å². The van der Waals surface area contributed by atoms with Crippen LogP contribution in [0.2, 0.25) is 0 Å². The summed E-state index contributed by atoms with van der Waals surface area (Å²) in [6.07, 6.45) is 0. The molecule has 7 aromatic carbocycles. The van der Waals surface area contributed by atoms with Gasteiger partial charge in [-0.3, -0.25) is 0 Å². The van der Waals surface area contributed by atoms with Crippen LogP contribution in [-0.4, -0.2) is 9.13 Å². The molecule has 45 heavy (non-hydrogen) atoms. The summed E-state index contributed by atoms with van der Waals surface area (Å²) in [4.78, 5) is 0. The maximum absolute atomic E-state index is 6.33. The molecule has 3 heterocycles. The molecule has 10 aromatic rings. The topological polar surface area (TPSA) is 23.0 Å². The predicted octanol–water partition coefficient (Wildman–Crippen LogP) is 11.4. The van der Waals surface area contributed by atoms with Crippen LogP contribution in [0.1, 0.15) is 0 Å². The van der Waals surface area contributed by atoms with Gasteiger partial charge in [-0.2, -0.15) is 0 Å². The molecule has 0 N–H and O–H groups in total. The third-order valence-corrected chi connectivity index (χ3v) is 9.32. The summed E-state index contributed by atoms with van der Waals surface area (Å²) in [6.45, 7) is 0. The summed E-state index contributed by atoms with van der Waals surface area (Å²) < 4.78 is 11.2. The van der Waals surface area contributed by atoms with Gasteiger partial charge in [-0.1, -0.05) is 109 Å². The molecular formula is C42H26N2O. The van der Waals surface area contributed by atoms with Crippen molar-refractivity contribution in [3.05, 3.63) is 158 Å². The van der Waals surface area contributed by atoms with E-state index >= 15 is 0 Å². The minimum atomic E-state index is 0.897. The van der Waals surface area contributed by atoms with Crippen LogP contribution >= 0.6 is 0 Å². The average Bonchev–Trinajstić information content (AvgIpc) is 3.76. The smallest absolute Gasteiger partial charge is 0.137 e. The first-order valence-electron chi connectivity index (χ1n) is 15.4. The molecular weight excluding hydrogens is 548 g/mol. The fraction of sp³-hybridized carbons (Fsp3) is 0. The quantitative estimate of drug-likeness (QED) is 0.206. The molecule has 0 saturated heterocycles. The van der Waals surface area contributed by atoms with Gasteiger partial charge in [-0.05, 0) is 59.7 Å². The molecule has 0 aliphatic heterocycles. The minimum Gasteiger partial charge on any atom is -0.456 e. The van der Waals surface area contributed by atoms with E-state index < -0.39 is 0 Å². The molecule has 0 saturated carbocycles. The molecule has 0 amide bonds. The van der Waals surface area contributed by atoms with Crippen LogP contribution in [0.15, 0.2) is 162 Å². The number of fused-ring (bicyclic) bond motifs is 10. The van der Waals surface area contributed by atoms with E-state index in [0.717, 1.165) is 33.3 Å². The van der Waals surface area contributed by atoms with E-state index in [9.17, 15) is 0 Å². The number of rotatable bonds is 3. The first-order valence-corrected chi connectivity index (χ1v) is 15.4. The second-order valence-corrected chi connectivity index (χ2v) is 11.7. The van der Waals surface area contributed by atoms with Gasteiger partial charge in [0.1, 0.15) is 11.2 Å². The number of nitrogens with zero attached hydrogens (tertiary/aromatic N) is 2. The minimum absolute atomic E-state index is 0.897. The van der Waals surface area contributed by atoms with E-state index in [4.69, 9.17) is 4.42 Å². The molecule has 10 rings (SSSR count). The average molecular weight is 575 g/mol. The lowest BCUT2D eigenvalue weighted by molar-refractivity contribution is 0.669. The van der Waals surface area contributed by atoms with Gasteiger partial charge in [0, 0.05) is 32.6 Å². The standard InChI is InChI=1S/C42H26N2O/c1-2-11-27(12-3-1)28-21-23-29(24-22-28)43-34-16-7-4-13-30(34)31-25-26-37-41(42(31)43)32-14-5-8-17-35(32)44(37)36-18-10-20-39-40(36)33-15-6-9-19-38(33)45-39/h1-26H. The summed E-state index contributed by atoms with van der Waals surface area (Å²) in [7, 11) is 0. The van der Waals surface area contributed by atoms with Gasteiger partial charge in [0.15, 0.2) is 0 Å². The Hall–Kier alpha value is -6.06. The highest BCUT2D eigenvalue weighted by molar-refractivity contribution is 6.26. The zero-order valence-corrected chi connectivity index (χ0v) is 24.3. The Bertz CT molecular complexity index is 2740. The van der Waals surface area contributed by atoms with Crippen LogP contribution in [0.4, 0.5) is 0 Å². The van der Waals surface area contributed by atoms with Crippen molar-refractivity contribution in [1.82, 2.24) is 9.13 Å². The molecule has 0 radical (unpaired) electrons. The van der Waals surface area contributed by atoms with E-state index in [0.29, 0.717) is 0 Å². The van der Waals surface area contributed by atoms with Gasteiger partial charge in [0.2, 0.25) is 0 Å². The van der Waals surface area contributed by atoms with Gasteiger partial charge in [0.25, 0.3) is 0 Å². The van der Waals surface area contributed by atoms with Gasteiger partial charge >= 0.3 is 0 Å². The molecule has 0 aliphatic rings. The number of para-hydroxylation sites is 3. The Morgan fingerprint density at radius 1 is 0.356 bits per heavy atom. The predicted molar refractivity (Wildman–Crippen MR) is 188 cm³/mol. The highest BCUT2D eigenvalue weighted by Crippen LogP contribution is 2.43. The van der Waals surface area contributed by atoms with E-state index in [1.165, 1.54) is 54.7 Å². The number of hydrogen-bond donors (Lipinski definition) is 0. The Balaban J connectivity index is 1.34. The summed E-state index contributed by atoms with van der Waals surface area (Å²) in [5.74, 6) is 0. The second kappa shape index (κ2) is 9.22. The van der Waals surface area contributed by atoms with Gasteiger partial charge in [-0.25, -0.2) is 0 Å². The van der Waals surface area contributed by atoms with Crippen molar-refractivity contribution in [3.8, 4) is 22.5 Å². The van der Waals surface area contributed by atoms with Crippen molar-refractivity contribution in [2.75, 3.05) is 0 Å². The molecule has 3 nitrogen and oxygen atoms in total. The second-order valence-electron chi connectivity index (χ2n) is 11.7. The van der Waals surface area contributed by atoms with Crippen molar-refractivity contribution in [2.45, 2.75) is 0 Å². The monoisotopic (exact) mass is 574 g/mol. The number of aromatic nitrogens is 2. The zero-order chi connectivity index (χ0) is 29.5. The van der Waals surface area contributed by atoms with Crippen molar-refractivity contribution in [2.24, 2.45) is 0 Å². The molecule has 0 aliphatic carbocycles. The lowest BCUT2D eigenvalue weighted by Crippen LogP contribution is -1.96. The lowest BCUT2D eigenvalue weighted by atomic mass is 10.1. The summed E-state index contributed by atoms with van der Waals surface area (Å²) in [6, 6.07) is 56.5. The van der Waals surface area contributed by atoms with Crippen molar-refractivity contribution in [3.63, 3.8) is 0 Å². The Morgan fingerprint density at radius 2 is 1.00 bits per heavy atom. The first-order chi connectivity index (χ1) is 22.3. The van der Waals surface area contributed by atoms with Gasteiger partial charge < -0.3 is 13.6 Å². The summed E-state index contributed by atoms with van der Waals surface area (Å²) >= 11 is 0. The fourth-order valence-corrected chi connectivity index (χ4v) is 7.41. The van der Waals surface area contributed by atoms with Crippen LogP contribution in [0.5, 0.6) is 0 Å². The first kappa shape index (κ1) is 24.4. The number of hydrogen-bond acceptors (Lipinski definition) is 1. The lowest BCUT2D eigenvalue weighted by Gasteiger charge is -2.11. The maximum atomic E-state index is 6.33. The number of furan rings is 1. The highest BCUT2D eigenvalue weighted by atomic mass is 16.3. The molecule has 0 spiro atoms. The molecule has 0 unspecified atom stereocenters. The molecule has 210 valence electrons. The van der Waals surface area contributed by atoms with Crippen LogP contribution in [-0.2, 0) is 0 Å². The third-order valence-electron chi connectivity index (χ3n) is 9.32. The van der Waals surface area contributed by atoms with E-state index in [1.54, 1.807) is 0 Å². The molecule has 0 bridgehead atoms. The molecule has 0 atom stereocenters. The van der Waals surface area contributed by atoms with Crippen molar-refractivity contribution >= 4 is 65.6 Å². The third kappa shape index (κ3) is 3.41. The fourth-order valence-electron chi connectivity index (χ4n) is 7.41. The Morgan fingerprint density at radius 3 is 1.82 bits per heavy atom. The summed E-state index contributed by atoms with van der Waals surface area (Å²) in [5, 5.41) is 7.24. The summed E-state index contributed by atoms with van der Waals surface area (Å²) in [5.41, 5.74) is 11.3. The van der Waals surface area contributed by atoms with E-state index in [-0.39, 0.29) is 0 Å². The van der Waals surface area contributed by atoms with E-state index in [2.05, 4.69) is 161 Å². The largest absolute Gasteiger partial charge is 0.456 e. The Kier molecular flexibility index (Phi) is 5.00. The highest BCUT2D eigenvalue weighted by Gasteiger charge is 2.22. The van der Waals surface area contributed by atoms with Crippen LogP contribution in [0, 0.1) is 0 Å². The van der Waals surface area contributed by atoms with Gasteiger partial charge in [0.05, 0.1) is 33.1 Å². The van der Waals surface area contributed by atoms with Crippen LogP contribution < -0.4 is 0 Å². The zero-order valence-electron chi connectivity index (χ0n) is 24.3.